The minimum atomic E-state index is 0.308. The van der Waals surface area contributed by atoms with Crippen LogP contribution in [0.1, 0.15) is 22.3 Å². The Morgan fingerprint density at radius 3 is 2.29 bits per heavy atom. The molecule has 112 valence electrons. The zero-order valence-corrected chi connectivity index (χ0v) is 14.2. The number of halogens is 2. The second-order valence-electron chi connectivity index (χ2n) is 5.52. The van der Waals surface area contributed by atoms with Crippen LogP contribution in [-0.4, -0.2) is 13.1 Å². The van der Waals surface area contributed by atoms with Crippen LogP contribution in [0.2, 0.25) is 10.0 Å². The van der Waals surface area contributed by atoms with Gasteiger partial charge in [-0.05, 0) is 62.6 Å². The first kappa shape index (κ1) is 16.4. The number of aryl methyl sites for hydroxylation is 2. The lowest BCUT2D eigenvalue weighted by atomic mass is 9.95. The lowest BCUT2D eigenvalue weighted by molar-refractivity contribution is 0.555. The van der Waals surface area contributed by atoms with E-state index < -0.39 is 0 Å². The Balaban J connectivity index is 2.19. The fourth-order valence-electron chi connectivity index (χ4n) is 2.54. The van der Waals surface area contributed by atoms with Crippen LogP contribution in [0.3, 0.4) is 0 Å². The predicted octanol–water partition coefficient (Wildman–Crippen LogP) is 4.98. The van der Waals surface area contributed by atoms with Gasteiger partial charge < -0.3 is 5.32 Å². The molecule has 1 unspecified atom stereocenters. The highest BCUT2D eigenvalue weighted by Gasteiger charge is 2.14. The minimum absolute atomic E-state index is 0.308. The summed E-state index contributed by atoms with van der Waals surface area (Å²) in [4.78, 5) is 0. The van der Waals surface area contributed by atoms with Gasteiger partial charge in [0.1, 0.15) is 0 Å². The molecule has 0 saturated carbocycles. The van der Waals surface area contributed by atoms with Crippen LogP contribution in [0.4, 0.5) is 0 Å². The normalized spacial score (nSPS) is 12.4. The van der Waals surface area contributed by atoms with E-state index in [2.05, 4.69) is 37.4 Å². The maximum atomic E-state index is 6.28. The maximum Gasteiger partial charge on any atom is 0.0453 e. The second-order valence-corrected chi connectivity index (χ2v) is 6.34. The van der Waals surface area contributed by atoms with Gasteiger partial charge in [-0.1, -0.05) is 53.0 Å². The monoisotopic (exact) mass is 321 g/mol. The summed E-state index contributed by atoms with van der Waals surface area (Å²) in [6, 6.07) is 12.6. The van der Waals surface area contributed by atoms with Gasteiger partial charge in [0.15, 0.2) is 0 Å². The Morgan fingerprint density at radius 1 is 1.00 bits per heavy atom. The van der Waals surface area contributed by atoms with Gasteiger partial charge in [0, 0.05) is 16.1 Å². The predicted molar refractivity (Wildman–Crippen MR) is 92.6 cm³/mol. The van der Waals surface area contributed by atoms with Crippen molar-refractivity contribution in [3.8, 4) is 0 Å². The molecule has 21 heavy (non-hydrogen) atoms. The molecule has 0 heterocycles. The average molecular weight is 322 g/mol. The summed E-state index contributed by atoms with van der Waals surface area (Å²) >= 11 is 12.6. The topological polar surface area (TPSA) is 12.0 Å². The third-order valence-corrected chi connectivity index (χ3v) is 4.60. The van der Waals surface area contributed by atoms with Crippen LogP contribution in [0.5, 0.6) is 0 Å². The van der Waals surface area contributed by atoms with Gasteiger partial charge in [0.25, 0.3) is 0 Å². The number of likely N-dealkylation sites (N-methyl/N-ethyl adjacent to an activating group) is 1. The zero-order valence-electron chi connectivity index (χ0n) is 12.7. The third-order valence-electron chi connectivity index (χ3n) is 3.89. The van der Waals surface area contributed by atoms with E-state index in [-0.39, 0.29) is 0 Å². The number of hydrogen-bond acceptors (Lipinski definition) is 1. The first-order valence-electron chi connectivity index (χ1n) is 7.17. The van der Waals surface area contributed by atoms with E-state index >= 15 is 0 Å². The summed E-state index contributed by atoms with van der Waals surface area (Å²) in [7, 11) is 1.99. The summed E-state index contributed by atoms with van der Waals surface area (Å²) in [5, 5.41) is 4.86. The van der Waals surface area contributed by atoms with Gasteiger partial charge in [0.2, 0.25) is 0 Å². The lowest BCUT2D eigenvalue weighted by Gasteiger charge is -2.19. The highest BCUT2D eigenvalue weighted by Crippen LogP contribution is 2.26. The first-order valence-corrected chi connectivity index (χ1v) is 7.93. The fraction of sp³-hybridized carbons (Fsp3) is 0.333. The molecule has 2 aromatic carbocycles. The largest absolute Gasteiger partial charge is 0.316 e. The quantitative estimate of drug-likeness (QED) is 0.818. The molecule has 3 heteroatoms. The van der Waals surface area contributed by atoms with E-state index in [1.807, 2.05) is 25.2 Å². The Kier molecular flexibility index (Phi) is 5.69. The molecule has 0 saturated heterocycles. The van der Waals surface area contributed by atoms with E-state index in [1.165, 1.54) is 16.7 Å². The second kappa shape index (κ2) is 7.31. The third kappa shape index (κ3) is 4.23. The molecule has 1 nitrogen and oxygen atoms in total. The molecule has 0 aliphatic rings. The molecule has 0 fully saturated rings. The number of nitrogens with one attached hydrogen (secondary N) is 1. The number of rotatable bonds is 5. The van der Waals surface area contributed by atoms with E-state index in [4.69, 9.17) is 23.2 Å². The number of hydrogen-bond donors (Lipinski definition) is 1. The zero-order chi connectivity index (χ0) is 15.4. The Bertz CT molecular complexity index is 602. The van der Waals surface area contributed by atoms with Crippen molar-refractivity contribution >= 4 is 23.2 Å². The van der Waals surface area contributed by atoms with Crippen molar-refractivity contribution in [2.75, 3.05) is 7.05 Å². The van der Waals surface area contributed by atoms with E-state index in [0.29, 0.717) is 6.04 Å². The molecule has 2 rings (SSSR count). The van der Waals surface area contributed by atoms with E-state index in [9.17, 15) is 0 Å². The average Bonchev–Trinajstić information content (AvgIpc) is 2.45. The molecule has 2 aromatic rings. The molecule has 0 spiro atoms. The smallest absolute Gasteiger partial charge is 0.0453 e. The SMILES string of the molecule is CNC(Cc1cc(C)ccc1C)Cc1c(Cl)cccc1Cl. The first-order chi connectivity index (χ1) is 10.0. The van der Waals surface area contributed by atoms with Crippen LogP contribution >= 0.6 is 23.2 Å². The van der Waals surface area contributed by atoms with Crippen LogP contribution in [-0.2, 0) is 12.8 Å². The summed E-state index contributed by atoms with van der Waals surface area (Å²) in [6.07, 6.45) is 1.79. The van der Waals surface area contributed by atoms with Crippen LogP contribution < -0.4 is 5.32 Å². The van der Waals surface area contributed by atoms with Crippen molar-refractivity contribution in [1.29, 1.82) is 0 Å². The summed E-state index contributed by atoms with van der Waals surface area (Å²) in [5.74, 6) is 0. The summed E-state index contributed by atoms with van der Waals surface area (Å²) < 4.78 is 0. The molecule has 0 radical (unpaired) electrons. The molecule has 0 aromatic heterocycles. The molecular weight excluding hydrogens is 301 g/mol. The Hall–Kier alpha value is -1.02. The fourth-order valence-corrected chi connectivity index (χ4v) is 3.09. The summed E-state index contributed by atoms with van der Waals surface area (Å²) in [5.41, 5.74) is 5.01. The minimum Gasteiger partial charge on any atom is -0.316 e. The van der Waals surface area contributed by atoms with Crippen LogP contribution in [0.15, 0.2) is 36.4 Å². The van der Waals surface area contributed by atoms with Crippen molar-refractivity contribution < 1.29 is 0 Å². The Morgan fingerprint density at radius 2 is 1.67 bits per heavy atom. The van der Waals surface area contributed by atoms with E-state index in [0.717, 1.165) is 28.5 Å². The van der Waals surface area contributed by atoms with Crippen molar-refractivity contribution in [3.05, 3.63) is 68.7 Å². The molecule has 0 aliphatic heterocycles. The van der Waals surface area contributed by atoms with Crippen LogP contribution in [0.25, 0.3) is 0 Å². The van der Waals surface area contributed by atoms with Gasteiger partial charge in [-0.15, -0.1) is 0 Å². The lowest BCUT2D eigenvalue weighted by Crippen LogP contribution is -2.30. The standard InChI is InChI=1S/C18H21Cl2N/c1-12-7-8-13(2)14(9-12)10-15(21-3)11-16-17(19)5-4-6-18(16)20/h4-9,15,21H,10-11H2,1-3H3. The molecule has 1 N–H and O–H groups in total. The van der Waals surface area contributed by atoms with E-state index in [1.54, 1.807) is 0 Å². The molecule has 0 amide bonds. The molecule has 0 aliphatic carbocycles. The van der Waals surface area contributed by atoms with Crippen LogP contribution in [0, 0.1) is 13.8 Å². The van der Waals surface area contributed by atoms with Crippen molar-refractivity contribution in [3.63, 3.8) is 0 Å². The highest BCUT2D eigenvalue weighted by atomic mass is 35.5. The van der Waals surface area contributed by atoms with Gasteiger partial charge in [-0.3, -0.25) is 0 Å². The van der Waals surface area contributed by atoms with Gasteiger partial charge in [-0.25, -0.2) is 0 Å². The number of benzene rings is 2. The molecule has 0 bridgehead atoms. The maximum absolute atomic E-state index is 6.28. The van der Waals surface area contributed by atoms with Crippen molar-refractivity contribution in [2.24, 2.45) is 0 Å². The summed E-state index contributed by atoms with van der Waals surface area (Å²) in [6.45, 7) is 4.28. The van der Waals surface area contributed by atoms with Gasteiger partial charge >= 0.3 is 0 Å². The highest BCUT2D eigenvalue weighted by molar-refractivity contribution is 6.36. The van der Waals surface area contributed by atoms with Crippen molar-refractivity contribution in [1.82, 2.24) is 5.32 Å². The Labute approximate surface area is 137 Å². The van der Waals surface area contributed by atoms with Crippen molar-refractivity contribution in [2.45, 2.75) is 32.7 Å². The van der Waals surface area contributed by atoms with Gasteiger partial charge in [-0.2, -0.15) is 0 Å². The molecular formula is C18H21Cl2N. The van der Waals surface area contributed by atoms with Gasteiger partial charge in [0.05, 0.1) is 0 Å². The molecule has 1 atom stereocenters.